The SMILES string of the molecule is O=C(NC1C=CCCC1)c1c2c(cn(-c3ccc(F)cc3)c1=O)CN(C(=O)CO)CC2. The van der Waals surface area contributed by atoms with Crippen molar-refractivity contribution < 1.29 is 19.1 Å². The number of carbonyl (C=O) groups excluding carboxylic acids is 2. The molecule has 1 aliphatic carbocycles. The number of amides is 2. The number of pyridine rings is 1. The Hall–Kier alpha value is -3.26. The van der Waals surface area contributed by atoms with Crippen molar-refractivity contribution in [2.75, 3.05) is 13.2 Å². The fourth-order valence-electron chi connectivity index (χ4n) is 4.17. The van der Waals surface area contributed by atoms with Gasteiger partial charge in [0.05, 0.1) is 0 Å². The van der Waals surface area contributed by atoms with E-state index in [0.29, 0.717) is 29.8 Å². The van der Waals surface area contributed by atoms with E-state index >= 15 is 0 Å². The highest BCUT2D eigenvalue weighted by Gasteiger charge is 2.29. The number of hydrogen-bond donors (Lipinski definition) is 2. The van der Waals surface area contributed by atoms with Crippen LogP contribution in [0.5, 0.6) is 0 Å². The van der Waals surface area contributed by atoms with Gasteiger partial charge in [-0.2, -0.15) is 0 Å². The number of aromatic nitrogens is 1. The van der Waals surface area contributed by atoms with Crippen molar-refractivity contribution in [2.24, 2.45) is 0 Å². The third-order valence-corrected chi connectivity index (χ3v) is 5.79. The van der Waals surface area contributed by atoms with Crippen LogP contribution in [0, 0.1) is 5.82 Å². The molecule has 0 spiro atoms. The van der Waals surface area contributed by atoms with Crippen LogP contribution in [0.3, 0.4) is 0 Å². The Morgan fingerprint density at radius 2 is 2.00 bits per heavy atom. The Morgan fingerprint density at radius 3 is 2.68 bits per heavy atom. The molecule has 2 aromatic rings. The molecule has 2 N–H and O–H groups in total. The smallest absolute Gasteiger partial charge is 0.268 e. The molecule has 0 saturated heterocycles. The minimum atomic E-state index is -0.603. The van der Waals surface area contributed by atoms with Crippen LogP contribution < -0.4 is 10.9 Å². The van der Waals surface area contributed by atoms with Crippen molar-refractivity contribution >= 4 is 11.8 Å². The number of aliphatic hydroxyl groups excluding tert-OH is 1. The Bertz CT molecular complexity index is 1090. The second-order valence-corrected chi connectivity index (χ2v) is 7.82. The fourth-order valence-corrected chi connectivity index (χ4v) is 4.17. The lowest BCUT2D eigenvalue weighted by molar-refractivity contribution is -0.135. The molecule has 8 heteroatoms. The van der Waals surface area contributed by atoms with Crippen molar-refractivity contribution in [1.29, 1.82) is 0 Å². The lowest BCUT2D eigenvalue weighted by Crippen LogP contribution is -2.43. The van der Waals surface area contributed by atoms with E-state index in [9.17, 15) is 23.9 Å². The van der Waals surface area contributed by atoms with Gasteiger partial charge in [-0.25, -0.2) is 4.39 Å². The quantitative estimate of drug-likeness (QED) is 0.730. The predicted octanol–water partition coefficient (Wildman–Crippen LogP) is 1.69. The molecule has 31 heavy (non-hydrogen) atoms. The highest BCUT2D eigenvalue weighted by atomic mass is 19.1. The lowest BCUT2D eigenvalue weighted by atomic mass is 9.95. The van der Waals surface area contributed by atoms with Gasteiger partial charge in [-0.3, -0.25) is 19.0 Å². The summed E-state index contributed by atoms with van der Waals surface area (Å²) in [5, 5.41) is 12.1. The number of allylic oxidation sites excluding steroid dienone is 1. The van der Waals surface area contributed by atoms with E-state index in [0.717, 1.165) is 19.3 Å². The topological polar surface area (TPSA) is 91.6 Å². The van der Waals surface area contributed by atoms with Crippen LogP contribution >= 0.6 is 0 Å². The Balaban J connectivity index is 1.79. The number of hydrogen-bond acceptors (Lipinski definition) is 4. The number of rotatable bonds is 4. The van der Waals surface area contributed by atoms with Gasteiger partial charge in [0.15, 0.2) is 0 Å². The number of nitrogens with zero attached hydrogens (tertiary/aromatic N) is 2. The number of aliphatic hydroxyl groups is 1. The van der Waals surface area contributed by atoms with Gasteiger partial charge < -0.3 is 15.3 Å². The summed E-state index contributed by atoms with van der Waals surface area (Å²) < 4.78 is 14.7. The highest BCUT2D eigenvalue weighted by Crippen LogP contribution is 2.23. The molecule has 7 nitrogen and oxygen atoms in total. The van der Waals surface area contributed by atoms with Gasteiger partial charge in [-0.05, 0) is 61.1 Å². The fraction of sp³-hybridized carbons (Fsp3) is 0.348. The van der Waals surface area contributed by atoms with Crippen molar-refractivity contribution in [3.8, 4) is 5.69 Å². The first-order valence-electron chi connectivity index (χ1n) is 10.4. The number of nitrogens with one attached hydrogen (secondary N) is 1. The number of fused-ring (bicyclic) bond motifs is 1. The molecule has 1 aromatic carbocycles. The molecule has 2 heterocycles. The molecule has 0 fully saturated rings. The Morgan fingerprint density at radius 1 is 1.23 bits per heavy atom. The van der Waals surface area contributed by atoms with E-state index in [-0.39, 0.29) is 18.2 Å². The molecular formula is C23H24FN3O4. The summed E-state index contributed by atoms with van der Waals surface area (Å²) in [6.07, 6.45) is 8.64. The van der Waals surface area contributed by atoms with Crippen LogP contribution in [-0.2, 0) is 17.8 Å². The van der Waals surface area contributed by atoms with Gasteiger partial charge in [0.25, 0.3) is 11.5 Å². The maximum atomic E-state index is 13.4. The van der Waals surface area contributed by atoms with Gasteiger partial charge in [-0.15, -0.1) is 0 Å². The molecule has 0 radical (unpaired) electrons. The van der Waals surface area contributed by atoms with E-state index in [1.54, 1.807) is 6.20 Å². The van der Waals surface area contributed by atoms with Crippen molar-refractivity contribution in [3.63, 3.8) is 0 Å². The van der Waals surface area contributed by atoms with Crippen LogP contribution in [0.1, 0.15) is 40.7 Å². The van der Waals surface area contributed by atoms with E-state index in [2.05, 4.69) is 5.32 Å². The zero-order chi connectivity index (χ0) is 22.0. The van der Waals surface area contributed by atoms with Gasteiger partial charge in [0.1, 0.15) is 18.0 Å². The standard InChI is InChI=1S/C23H24FN3O4/c24-16-6-8-18(9-7-16)27-13-15-12-26(20(29)14-28)11-10-19(15)21(23(27)31)22(30)25-17-4-2-1-3-5-17/h2,4,6-9,13,17,28H,1,3,5,10-12,14H2,(H,25,30). The second-order valence-electron chi connectivity index (χ2n) is 7.82. The van der Waals surface area contributed by atoms with Gasteiger partial charge >= 0.3 is 0 Å². The molecule has 4 rings (SSSR count). The molecule has 1 aromatic heterocycles. The predicted molar refractivity (Wildman–Crippen MR) is 112 cm³/mol. The first-order chi connectivity index (χ1) is 15.0. The van der Waals surface area contributed by atoms with Crippen molar-refractivity contribution in [2.45, 2.75) is 38.3 Å². The molecule has 0 bridgehead atoms. The zero-order valence-corrected chi connectivity index (χ0v) is 17.0. The zero-order valence-electron chi connectivity index (χ0n) is 17.0. The maximum Gasteiger partial charge on any atom is 0.268 e. The summed E-state index contributed by atoms with van der Waals surface area (Å²) >= 11 is 0. The summed E-state index contributed by atoms with van der Waals surface area (Å²) in [6, 6.07) is 5.29. The van der Waals surface area contributed by atoms with Crippen molar-refractivity contribution in [1.82, 2.24) is 14.8 Å². The van der Waals surface area contributed by atoms with E-state index < -0.39 is 29.8 Å². The van der Waals surface area contributed by atoms with Gasteiger partial charge in [0, 0.05) is 31.0 Å². The monoisotopic (exact) mass is 425 g/mol. The Labute approximate surface area is 178 Å². The van der Waals surface area contributed by atoms with Crippen LogP contribution in [0.15, 0.2) is 47.4 Å². The summed E-state index contributed by atoms with van der Waals surface area (Å²) in [5.41, 5.74) is 1.26. The first kappa shape index (κ1) is 21.0. The van der Waals surface area contributed by atoms with E-state index in [4.69, 9.17) is 0 Å². The summed E-state index contributed by atoms with van der Waals surface area (Å²) in [4.78, 5) is 40.0. The summed E-state index contributed by atoms with van der Waals surface area (Å²) in [7, 11) is 0. The average Bonchev–Trinajstić information content (AvgIpc) is 2.79. The number of carbonyl (C=O) groups is 2. The van der Waals surface area contributed by atoms with Gasteiger partial charge in [0.2, 0.25) is 5.91 Å². The molecule has 1 aliphatic heterocycles. The number of benzene rings is 1. The minimum absolute atomic E-state index is 0.0527. The average molecular weight is 425 g/mol. The molecule has 1 unspecified atom stereocenters. The second kappa shape index (κ2) is 8.85. The first-order valence-corrected chi connectivity index (χ1v) is 10.4. The molecule has 2 amide bonds. The summed E-state index contributed by atoms with van der Waals surface area (Å²) in [5.74, 6) is -1.30. The molecule has 1 atom stereocenters. The molecule has 0 saturated carbocycles. The molecule has 162 valence electrons. The third kappa shape index (κ3) is 4.29. The van der Waals surface area contributed by atoms with E-state index in [1.807, 2.05) is 12.2 Å². The normalized spacial score (nSPS) is 17.9. The molecule has 2 aliphatic rings. The van der Waals surface area contributed by atoms with Gasteiger partial charge in [-0.1, -0.05) is 12.2 Å². The highest BCUT2D eigenvalue weighted by molar-refractivity contribution is 5.96. The van der Waals surface area contributed by atoms with Crippen LogP contribution in [0.4, 0.5) is 4.39 Å². The van der Waals surface area contributed by atoms with Crippen LogP contribution in [0.2, 0.25) is 0 Å². The largest absolute Gasteiger partial charge is 0.387 e. The molecular weight excluding hydrogens is 401 g/mol. The lowest BCUT2D eigenvalue weighted by Gasteiger charge is -2.30. The van der Waals surface area contributed by atoms with Crippen molar-refractivity contribution in [3.05, 3.63) is 75.5 Å². The number of halogens is 1. The van der Waals surface area contributed by atoms with E-state index in [1.165, 1.54) is 33.7 Å². The maximum absolute atomic E-state index is 13.4. The van der Waals surface area contributed by atoms with Crippen LogP contribution in [0.25, 0.3) is 5.69 Å². The summed E-state index contributed by atoms with van der Waals surface area (Å²) in [6.45, 7) is -0.107. The van der Waals surface area contributed by atoms with Crippen LogP contribution in [-0.4, -0.2) is 45.6 Å². The third-order valence-electron chi connectivity index (χ3n) is 5.79. The minimum Gasteiger partial charge on any atom is -0.387 e. The Kier molecular flexibility index (Phi) is 5.99.